The number of fused-ring (bicyclic) bond motifs is 1. The van der Waals surface area contributed by atoms with Crippen LogP contribution >= 0.6 is 0 Å². The van der Waals surface area contributed by atoms with E-state index in [1.165, 1.54) is 28.6 Å². The fraction of sp³-hybridized carbons (Fsp3) is 0.500. The van der Waals surface area contributed by atoms with Crippen LogP contribution in [0.25, 0.3) is 10.9 Å². The summed E-state index contributed by atoms with van der Waals surface area (Å²) >= 11 is 0. The van der Waals surface area contributed by atoms with E-state index >= 15 is 0 Å². The van der Waals surface area contributed by atoms with E-state index in [1.54, 1.807) is 0 Å². The third-order valence-electron chi connectivity index (χ3n) is 5.47. The molecule has 0 spiro atoms. The van der Waals surface area contributed by atoms with Crippen molar-refractivity contribution < 1.29 is 4.74 Å². The van der Waals surface area contributed by atoms with Crippen LogP contribution in [0.5, 0.6) is 0 Å². The Hall–Kier alpha value is -1.32. The van der Waals surface area contributed by atoms with Crippen molar-refractivity contribution in [3.63, 3.8) is 0 Å². The first-order valence-electron chi connectivity index (χ1n) is 7.23. The van der Waals surface area contributed by atoms with Crippen LogP contribution in [-0.2, 0) is 11.2 Å². The number of benzene rings is 1. The van der Waals surface area contributed by atoms with Gasteiger partial charge in [-0.15, -0.1) is 0 Å². The minimum absolute atomic E-state index is 0.306. The molecule has 1 aromatic carbocycles. The number of aromatic amines is 1. The predicted octanol–water partition coefficient (Wildman–Crippen LogP) is 2.34. The lowest BCUT2D eigenvalue weighted by Crippen LogP contribution is -2.32. The van der Waals surface area contributed by atoms with E-state index in [4.69, 9.17) is 4.74 Å². The first kappa shape index (κ1) is 10.5. The minimum atomic E-state index is 0.306. The zero-order valence-electron chi connectivity index (χ0n) is 11.1. The Morgan fingerprint density at radius 1 is 1.37 bits per heavy atom. The van der Waals surface area contributed by atoms with Crippen molar-refractivity contribution in [3.8, 4) is 0 Å². The van der Waals surface area contributed by atoms with E-state index in [0.717, 1.165) is 18.9 Å². The summed E-state index contributed by atoms with van der Waals surface area (Å²) in [6.07, 6.45) is 3.67. The van der Waals surface area contributed by atoms with Crippen molar-refractivity contribution in [1.82, 2.24) is 9.88 Å². The fourth-order valence-corrected chi connectivity index (χ4v) is 4.68. The van der Waals surface area contributed by atoms with Crippen molar-refractivity contribution in [2.24, 2.45) is 11.8 Å². The van der Waals surface area contributed by atoms with Crippen LogP contribution in [0.1, 0.15) is 17.2 Å². The SMILES string of the molecule is CN1C[C@@H]2CO[C@@H]3c4cccc5[nH]cc(c45)CC1C23. The second-order valence-corrected chi connectivity index (χ2v) is 6.39. The number of ether oxygens (including phenoxy) is 1. The Morgan fingerprint density at radius 3 is 3.26 bits per heavy atom. The molecule has 3 heterocycles. The lowest BCUT2D eigenvalue weighted by molar-refractivity contribution is 0.0642. The molecule has 2 aromatic rings. The van der Waals surface area contributed by atoms with Gasteiger partial charge < -0.3 is 14.6 Å². The highest BCUT2D eigenvalue weighted by molar-refractivity contribution is 5.87. The number of H-pyrrole nitrogens is 1. The van der Waals surface area contributed by atoms with E-state index in [9.17, 15) is 0 Å². The van der Waals surface area contributed by atoms with Gasteiger partial charge in [0.1, 0.15) is 0 Å². The average Bonchev–Trinajstić information content (AvgIpc) is 3.03. The number of rotatable bonds is 0. The van der Waals surface area contributed by atoms with E-state index in [2.05, 4.69) is 41.3 Å². The number of likely N-dealkylation sites (N-methyl/N-ethyl adjacent to an activating group) is 1. The molecular formula is C16H18N2O. The summed E-state index contributed by atoms with van der Waals surface area (Å²) in [6.45, 7) is 2.13. The van der Waals surface area contributed by atoms with Crippen LogP contribution < -0.4 is 0 Å². The molecule has 1 aliphatic carbocycles. The number of nitrogens with one attached hydrogen (secondary N) is 1. The molecule has 2 aliphatic heterocycles. The highest BCUT2D eigenvalue weighted by Crippen LogP contribution is 2.50. The van der Waals surface area contributed by atoms with E-state index < -0.39 is 0 Å². The molecule has 2 unspecified atom stereocenters. The quantitative estimate of drug-likeness (QED) is 0.781. The van der Waals surface area contributed by atoms with Gasteiger partial charge in [-0.05, 0) is 30.7 Å². The summed E-state index contributed by atoms with van der Waals surface area (Å²) in [7, 11) is 2.28. The molecule has 0 radical (unpaired) electrons. The maximum atomic E-state index is 6.20. The van der Waals surface area contributed by atoms with Crippen LogP contribution in [0.3, 0.4) is 0 Å². The van der Waals surface area contributed by atoms with Crippen LogP contribution in [0.15, 0.2) is 24.4 Å². The molecule has 0 amide bonds. The van der Waals surface area contributed by atoms with Crippen LogP contribution in [0, 0.1) is 11.8 Å². The van der Waals surface area contributed by atoms with Gasteiger partial charge in [-0.25, -0.2) is 0 Å². The molecule has 19 heavy (non-hydrogen) atoms. The molecule has 1 aromatic heterocycles. The third kappa shape index (κ3) is 1.20. The fourth-order valence-electron chi connectivity index (χ4n) is 4.68. The Morgan fingerprint density at radius 2 is 2.32 bits per heavy atom. The molecule has 98 valence electrons. The molecule has 5 rings (SSSR count). The summed E-state index contributed by atoms with van der Waals surface area (Å²) in [5, 5.41) is 1.43. The molecule has 2 saturated heterocycles. The second-order valence-electron chi connectivity index (χ2n) is 6.39. The number of likely N-dealkylation sites (tertiary alicyclic amines) is 1. The maximum Gasteiger partial charge on any atom is 0.0878 e. The van der Waals surface area contributed by atoms with Gasteiger partial charge in [0.15, 0.2) is 0 Å². The summed E-state index contributed by atoms with van der Waals surface area (Å²) in [5.41, 5.74) is 4.15. The molecule has 3 heteroatoms. The summed E-state index contributed by atoms with van der Waals surface area (Å²) in [5.74, 6) is 1.41. The van der Waals surface area contributed by atoms with Gasteiger partial charge in [0.05, 0.1) is 12.7 Å². The minimum Gasteiger partial charge on any atom is -0.373 e. The Kier molecular flexibility index (Phi) is 1.88. The molecule has 1 N–H and O–H groups in total. The smallest absolute Gasteiger partial charge is 0.0878 e. The molecule has 3 aliphatic rings. The first-order chi connectivity index (χ1) is 9.33. The first-order valence-corrected chi connectivity index (χ1v) is 7.23. The lowest BCUT2D eigenvalue weighted by atomic mass is 9.85. The van der Waals surface area contributed by atoms with Crippen molar-refractivity contribution in [3.05, 3.63) is 35.5 Å². The lowest BCUT2D eigenvalue weighted by Gasteiger charge is -2.26. The number of nitrogens with zero attached hydrogens (tertiary/aromatic N) is 1. The van der Waals surface area contributed by atoms with Crippen LogP contribution in [0.4, 0.5) is 0 Å². The highest BCUT2D eigenvalue weighted by Gasteiger charge is 2.51. The van der Waals surface area contributed by atoms with Crippen molar-refractivity contribution in [2.75, 3.05) is 20.2 Å². The standard InChI is InChI=1S/C16H18N2O/c1-18-7-10-8-19-16-11-3-2-4-12-14(11)9(6-17-12)5-13(18)15(10)16/h2-4,6,10,13,15-17H,5,7-8H2,1H3/t10-,13?,15?,16-/m1/s1. The van der Waals surface area contributed by atoms with Gasteiger partial charge in [0, 0.05) is 41.5 Å². The Bertz CT molecular complexity index is 662. The molecule has 2 fully saturated rings. The van der Waals surface area contributed by atoms with Gasteiger partial charge in [-0.1, -0.05) is 12.1 Å². The topological polar surface area (TPSA) is 28.3 Å². The van der Waals surface area contributed by atoms with Gasteiger partial charge in [0.2, 0.25) is 0 Å². The zero-order valence-corrected chi connectivity index (χ0v) is 11.1. The number of hydrogen-bond donors (Lipinski definition) is 1. The predicted molar refractivity (Wildman–Crippen MR) is 74.1 cm³/mol. The molecule has 0 bridgehead atoms. The molecule has 3 nitrogen and oxygen atoms in total. The van der Waals surface area contributed by atoms with Crippen molar-refractivity contribution in [2.45, 2.75) is 18.6 Å². The second kappa shape index (κ2) is 3.41. The summed E-state index contributed by atoms with van der Waals surface area (Å²) in [6, 6.07) is 7.25. The zero-order chi connectivity index (χ0) is 12.6. The van der Waals surface area contributed by atoms with Crippen molar-refractivity contribution in [1.29, 1.82) is 0 Å². The van der Waals surface area contributed by atoms with Crippen LogP contribution in [-0.4, -0.2) is 36.1 Å². The maximum absolute atomic E-state index is 6.20. The molecule has 0 saturated carbocycles. The van der Waals surface area contributed by atoms with Gasteiger partial charge in [-0.3, -0.25) is 0 Å². The van der Waals surface area contributed by atoms with Gasteiger partial charge in [-0.2, -0.15) is 0 Å². The van der Waals surface area contributed by atoms with Crippen LogP contribution in [0.2, 0.25) is 0 Å². The summed E-state index contributed by atoms with van der Waals surface area (Å²) < 4.78 is 6.20. The van der Waals surface area contributed by atoms with E-state index in [-0.39, 0.29) is 0 Å². The largest absolute Gasteiger partial charge is 0.373 e. The van der Waals surface area contributed by atoms with E-state index in [1.807, 2.05) is 0 Å². The Balaban J connectivity index is 1.80. The molecule has 4 atom stereocenters. The Labute approximate surface area is 112 Å². The number of hydrogen-bond acceptors (Lipinski definition) is 2. The summed E-state index contributed by atoms with van der Waals surface area (Å²) in [4.78, 5) is 5.98. The normalized spacial score (nSPS) is 36.7. The number of aromatic nitrogens is 1. The monoisotopic (exact) mass is 254 g/mol. The molecular weight excluding hydrogens is 236 g/mol. The van der Waals surface area contributed by atoms with Gasteiger partial charge in [0.25, 0.3) is 0 Å². The average molecular weight is 254 g/mol. The third-order valence-corrected chi connectivity index (χ3v) is 5.47. The van der Waals surface area contributed by atoms with Crippen molar-refractivity contribution >= 4 is 10.9 Å². The van der Waals surface area contributed by atoms with Gasteiger partial charge >= 0.3 is 0 Å². The van der Waals surface area contributed by atoms with E-state index in [0.29, 0.717) is 18.1 Å². The highest BCUT2D eigenvalue weighted by atomic mass is 16.5.